The molecule has 1 unspecified atom stereocenters. The van der Waals surface area contributed by atoms with E-state index in [1.165, 1.54) is 11.1 Å². The lowest BCUT2D eigenvalue weighted by Gasteiger charge is -2.26. The van der Waals surface area contributed by atoms with Crippen molar-refractivity contribution in [3.8, 4) is 0 Å². The number of amides is 1. The molecule has 0 spiro atoms. The molecule has 0 saturated carbocycles. The Kier molecular flexibility index (Phi) is 7.08. The molecule has 7 nitrogen and oxygen atoms in total. The van der Waals surface area contributed by atoms with E-state index in [4.69, 9.17) is 5.11 Å². The van der Waals surface area contributed by atoms with Gasteiger partial charge in [0.2, 0.25) is 5.91 Å². The van der Waals surface area contributed by atoms with Gasteiger partial charge in [0.15, 0.2) is 5.17 Å². The molecule has 1 amide bonds. The van der Waals surface area contributed by atoms with Crippen molar-refractivity contribution in [3.63, 3.8) is 0 Å². The first-order valence-electron chi connectivity index (χ1n) is 10.7. The molecule has 0 aromatic heterocycles. The summed E-state index contributed by atoms with van der Waals surface area (Å²) in [6, 6.07) is 24.7. The number of aryl methyl sites for hydroxylation is 2. The van der Waals surface area contributed by atoms with Gasteiger partial charge in [-0.1, -0.05) is 48.2 Å². The van der Waals surface area contributed by atoms with Crippen molar-refractivity contribution in [2.45, 2.75) is 25.5 Å². The van der Waals surface area contributed by atoms with E-state index in [-0.39, 0.29) is 12.3 Å². The fourth-order valence-electron chi connectivity index (χ4n) is 3.58. The van der Waals surface area contributed by atoms with Crippen molar-refractivity contribution in [3.05, 3.63) is 89.5 Å². The Labute approximate surface area is 202 Å². The zero-order valence-electron chi connectivity index (χ0n) is 18.8. The molecule has 1 aliphatic rings. The fourth-order valence-corrected chi connectivity index (χ4v) is 4.50. The van der Waals surface area contributed by atoms with Crippen LogP contribution in [0.25, 0.3) is 0 Å². The summed E-state index contributed by atoms with van der Waals surface area (Å²) in [7, 11) is 0. The van der Waals surface area contributed by atoms with Crippen molar-refractivity contribution in [2.75, 3.05) is 4.90 Å². The van der Waals surface area contributed by atoms with Crippen molar-refractivity contribution in [1.29, 1.82) is 0 Å². The zero-order chi connectivity index (χ0) is 24.1. The number of hydrogen-bond acceptors (Lipinski definition) is 6. The molecule has 1 fully saturated rings. The minimum absolute atomic E-state index is 0.251. The number of nitrogens with zero attached hydrogens (tertiary/aromatic N) is 3. The SMILES string of the molecule is Cc1cccc(N(c2ccc(C=NN=C3NC(=O)C(CC(=O)O)S3)cc2)c2cccc(C)c2)c1. The summed E-state index contributed by atoms with van der Waals surface area (Å²) in [6.45, 7) is 4.15. The van der Waals surface area contributed by atoms with E-state index in [9.17, 15) is 9.59 Å². The first kappa shape index (κ1) is 23.3. The Morgan fingerprint density at radius 3 is 2.18 bits per heavy atom. The predicted molar refractivity (Wildman–Crippen MR) is 137 cm³/mol. The molecule has 172 valence electrons. The molecule has 0 bridgehead atoms. The summed E-state index contributed by atoms with van der Waals surface area (Å²) in [5, 5.41) is 19.1. The van der Waals surface area contributed by atoms with Crippen LogP contribution < -0.4 is 10.2 Å². The van der Waals surface area contributed by atoms with Crippen LogP contribution in [0.1, 0.15) is 23.1 Å². The van der Waals surface area contributed by atoms with Crippen molar-refractivity contribution >= 4 is 52.1 Å². The van der Waals surface area contributed by atoms with Crippen LogP contribution in [0.5, 0.6) is 0 Å². The highest BCUT2D eigenvalue weighted by molar-refractivity contribution is 8.15. The highest BCUT2D eigenvalue weighted by Gasteiger charge is 2.32. The molecule has 0 radical (unpaired) electrons. The monoisotopic (exact) mass is 472 g/mol. The summed E-state index contributed by atoms with van der Waals surface area (Å²) >= 11 is 1.07. The number of thioether (sulfide) groups is 1. The van der Waals surface area contributed by atoms with Gasteiger partial charge < -0.3 is 15.3 Å². The number of nitrogens with one attached hydrogen (secondary N) is 1. The lowest BCUT2D eigenvalue weighted by molar-refractivity contribution is -0.138. The molecule has 34 heavy (non-hydrogen) atoms. The maximum atomic E-state index is 11.8. The van der Waals surface area contributed by atoms with Gasteiger partial charge in [-0.05, 0) is 66.9 Å². The maximum Gasteiger partial charge on any atom is 0.305 e. The Balaban J connectivity index is 1.54. The topological polar surface area (TPSA) is 94.4 Å². The summed E-state index contributed by atoms with van der Waals surface area (Å²) in [5.41, 5.74) is 6.36. The number of anilines is 3. The van der Waals surface area contributed by atoms with E-state index in [1.54, 1.807) is 6.21 Å². The Morgan fingerprint density at radius 2 is 1.62 bits per heavy atom. The summed E-state index contributed by atoms with van der Waals surface area (Å²) < 4.78 is 0. The number of benzene rings is 3. The van der Waals surface area contributed by atoms with Crippen LogP contribution in [0.2, 0.25) is 0 Å². The van der Waals surface area contributed by atoms with Crippen LogP contribution in [-0.4, -0.2) is 33.6 Å². The van der Waals surface area contributed by atoms with Gasteiger partial charge in [-0.2, -0.15) is 5.10 Å². The number of carboxylic acids is 1. The number of hydrogen-bond donors (Lipinski definition) is 2. The average Bonchev–Trinajstić information content (AvgIpc) is 3.13. The predicted octanol–water partition coefficient (Wildman–Crippen LogP) is 5.17. The molecule has 3 aromatic carbocycles. The van der Waals surface area contributed by atoms with Gasteiger partial charge in [-0.15, -0.1) is 5.10 Å². The van der Waals surface area contributed by atoms with Crippen LogP contribution in [0.15, 0.2) is 83.0 Å². The quantitative estimate of drug-likeness (QED) is 0.365. The summed E-state index contributed by atoms with van der Waals surface area (Å²) in [4.78, 5) is 24.8. The summed E-state index contributed by atoms with van der Waals surface area (Å²) in [5.74, 6) is -1.39. The second-order valence-electron chi connectivity index (χ2n) is 7.95. The van der Waals surface area contributed by atoms with Crippen molar-refractivity contribution in [2.24, 2.45) is 10.2 Å². The molecule has 0 aliphatic carbocycles. The number of rotatable bonds is 7. The molecule has 1 atom stereocenters. The van der Waals surface area contributed by atoms with Gasteiger partial charge in [0, 0.05) is 17.1 Å². The Morgan fingerprint density at radius 1 is 1.00 bits per heavy atom. The molecule has 2 N–H and O–H groups in total. The fraction of sp³-hybridized carbons (Fsp3) is 0.154. The van der Waals surface area contributed by atoms with Gasteiger partial charge in [0.25, 0.3) is 0 Å². The molecular weight excluding hydrogens is 448 g/mol. The van der Waals surface area contributed by atoms with Gasteiger partial charge in [0.1, 0.15) is 5.25 Å². The molecule has 8 heteroatoms. The molecule has 1 heterocycles. The zero-order valence-corrected chi connectivity index (χ0v) is 19.6. The van der Waals surface area contributed by atoms with Gasteiger partial charge in [0.05, 0.1) is 12.6 Å². The van der Waals surface area contributed by atoms with Crippen molar-refractivity contribution < 1.29 is 14.7 Å². The van der Waals surface area contributed by atoms with E-state index in [0.717, 1.165) is 34.4 Å². The second kappa shape index (κ2) is 10.4. The molecule has 1 aliphatic heterocycles. The largest absolute Gasteiger partial charge is 0.481 e. The first-order valence-corrected chi connectivity index (χ1v) is 11.6. The average molecular weight is 473 g/mol. The van der Waals surface area contributed by atoms with Crippen LogP contribution in [0, 0.1) is 13.8 Å². The Bertz CT molecular complexity index is 1230. The lowest BCUT2D eigenvalue weighted by Crippen LogP contribution is -2.26. The van der Waals surface area contributed by atoms with Crippen LogP contribution in [0.4, 0.5) is 17.1 Å². The summed E-state index contributed by atoms with van der Waals surface area (Å²) in [6.07, 6.45) is 1.34. The standard InChI is InChI=1S/C26H24N4O3S/c1-17-5-3-7-21(13-17)30(22-8-4-6-18(2)14-22)20-11-9-19(10-12-20)16-27-29-26-28-25(33)23(34-26)15-24(31)32/h3-14,16,23H,15H2,1-2H3,(H,31,32)(H,28,29,33). The highest BCUT2D eigenvalue weighted by Crippen LogP contribution is 2.35. The van der Waals surface area contributed by atoms with Crippen LogP contribution in [-0.2, 0) is 9.59 Å². The van der Waals surface area contributed by atoms with E-state index < -0.39 is 11.2 Å². The Hall–Kier alpha value is -3.91. The highest BCUT2D eigenvalue weighted by atomic mass is 32.2. The minimum atomic E-state index is -1.03. The van der Waals surface area contributed by atoms with Crippen molar-refractivity contribution in [1.82, 2.24) is 5.32 Å². The normalized spacial score (nSPS) is 16.7. The van der Waals surface area contributed by atoms with E-state index in [2.05, 4.69) is 82.8 Å². The first-order chi connectivity index (χ1) is 16.4. The van der Waals surface area contributed by atoms with Crippen LogP contribution in [0.3, 0.4) is 0 Å². The third kappa shape index (κ3) is 5.71. The molecule has 1 saturated heterocycles. The number of carboxylic acid groups (broad SMARTS) is 1. The number of carbonyl (C=O) groups is 2. The smallest absolute Gasteiger partial charge is 0.305 e. The van der Waals surface area contributed by atoms with Gasteiger partial charge in [-0.25, -0.2) is 0 Å². The van der Waals surface area contributed by atoms with E-state index in [0.29, 0.717) is 5.17 Å². The van der Waals surface area contributed by atoms with Gasteiger partial charge in [-0.3, -0.25) is 9.59 Å². The number of carbonyl (C=O) groups excluding carboxylic acids is 1. The minimum Gasteiger partial charge on any atom is -0.481 e. The molecular formula is C26H24N4O3S. The lowest BCUT2D eigenvalue weighted by atomic mass is 10.1. The molecule has 3 aromatic rings. The van der Waals surface area contributed by atoms with E-state index >= 15 is 0 Å². The number of aliphatic carboxylic acids is 1. The van der Waals surface area contributed by atoms with Crippen LogP contribution >= 0.6 is 11.8 Å². The molecule has 4 rings (SSSR count). The maximum absolute atomic E-state index is 11.8. The third-order valence-corrected chi connectivity index (χ3v) is 6.24. The van der Waals surface area contributed by atoms with E-state index in [1.807, 2.05) is 24.3 Å². The second-order valence-corrected chi connectivity index (χ2v) is 9.14. The third-order valence-electron chi connectivity index (χ3n) is 5.16. The number of amidine groups is 1. The van der Waals surface area contributed by atoms with Gasteiger partial charge >= 0.3 is 5.97 Å².